The van der Waals surface area contributed by atoms with Gasteiger partial charge in [0.25, 0.3) is 23.3 Å². The van der Waals surface area contributed by atoms with Crippen LogP contribution in [0, 0.1) is 0 Å². The molecule has 0 radical (unpaired) electrons. The monoisotopic (exact) mass is 587 g/mol. The Morgan fingerprint density at radius 1 is 0.854 bits per heavy atom. The molecule has 3 amide bonds. The van der Waals surface area contributed by atoms with Gasteiger partial charge in [-0.3, -0.25) is 34.9 Å². The second-order valence-electron chi connectivity index (χ2n) is 10.0. The highest BCUT2D eigenvalue weighted by molar-refractivity contribution is 6.30. The zero-order valence-corrected chi connectivity index (χ0v) is 24.1. The van der Waals surface area contributed by atoms with E-state index in [-0.39, 0.29) is 24.9 Å². The first kappa shape index (κ1) is 32.0. The summed E-state index contributed by atoms with van der Waals surface area (Å²) in [7, 11) is 0. The van der Waals surface area contributed by atoms with Gasteiger partial charge in [-0.15, -0.1) is 0 Å². The maximum atomic E-state index is 13.1. The van der Waals surface area contributed by atoms with E-state index in [0.29, 0.717) is 41.6 Å². The van der Waals surface area contributed by atoms with Crippen LogP contribution in [0.5, 0.6) is 5.75 Å². The Labute approximate surface area is 244 Å². The Balaban J connectivity index is 1.46. The van der Waals surface area contributed by atoms with E-state index in [1.165, 1.54) is 4.90 Å². The molecular weight excluding hydrogens is 550 g/mol. The van der Waals surface area contributed by atoms with Gasteiger partial charge in [0.1, 0.15) is 5.75 Å². The average molecular weight is 588 g/mol. The number of unbranched alkanes of at least 4 members (excludes halogenated alkanes) is 1. The quantitative estimate of drug-likeness (QED) is 0.0561. The first-order valence-corrected chi connectivity index (χ1v) is 13.8. The van der Waals surface area contributed by atoms with E-state index in [9.17, 15) is 19.2 Å². The summed E-state index contributed by atoms with van der Waals surface area (Å²) >= 11 is 5.90. The van der Waals surface area contributed by atoms with E-state index in [0.717, 1.165) is 19.4 Å². The smallest absolute Gasteiger partial charge is 0.274 e. The number of benzene rings is 2. The topological polar surface area (TPSA) is 172 Å². The Kier molecular flexibility index (Phi) is 11.6. The van der Waals surface area contributed by atoms with Gasteiger partial charge in [0, 0.05) is 48.4 Å². The second-order valence-corrected chi connectivity index (χ2v) is 10.5. The maximum Gasteiger partial charge on any atom is 0.274 e. The number of rotatable bonds is 13. The van der Waals surface area contributed by atoms with Gasteiger partial charge in [-0.2, -0.15) is 0 Å². The van der Waals surface area contributed by atoms with Gasteiger partial charge >= 0.3 is 0 Å². The van der Waals surface area contributed by atoms with Crippen LogP contribution < -0.4 is 32.6 Å². The Morgan fingerprint density at radius 3 is 1.90 bits per heavy atom. The van der Waals surface area contributed by atoms with Gasteiger partial charge in [0.05, 0.1) is 6.61 Å². The number of nitrogens with zero attached hydrogens (tertiary/aromatic N) is 2. The lowest BCUT2D eigenvalue weighted by Crippen LogP contribution is -2.76. The minimum atomic E-state index is -2.22. The highest BCUT2D eigenvalue weighted by Gasteiger charge is 2.57. The van der Waals surface area contributed by atoms with E-state index in [2.05, 4.69) is 10.2 Å². The summed E-state index contributed by atoms with van der Waals surface area (Å²) in [5, 5.41) is 3.22. The summed E-state index contributed by atoms with van der Waals surface area (Å²) in [6.45, 7) is 6.38. The molecule has 2 aromatic carbocycles. The van der Waals surface area contributed by atoms with Crippen LogP contribution in [0.1, 0.15) is 42.6 Å². The highest BCUT2D eigenvalue weighted by atomic mass is 35.5. The van der Waals surface area contributed by atoms with Gasteiger partial charge in [0.15, 0.2) is 5.78 Å². The number of ketones is 1. The lowest BCUT2D eigenvalue weighted by molar-refractivity contribution is -0.157. The summed E-state index contributed by atoms with van der Waals surface area (Å²) in [6.07, 6.45) is 1.66. The molecule has 0 aliphatic carbocycles. The Hall–Kier alpha value is -3.55. The molecule has 12 nitrogen and oxygen atoms in total. The molecule has 13 heteroatoms. The number of amides is 3. The van der Waals surface area contributed by atoms with Gasteiger partial charge < -0.3 is 15.0 Å². The van der Waals surface area contributed by atoms with E-state index < -0.39 is 23.3 Å². The van der Waals surface area contributed by atoms with Crippen molar-refractivity contribution >= 4 is 35.1 Å². The lowest BCUT2D eigenvalue weighted by atomic mass is 9.92. The number of nitrogens with two attached hydrogens (primary N) is 2. The first-order chi connectivity index (χ1) is 19.6. The molecule has 1 aliphatic rings. The van der Waals surface area contributed by atoms with Crippen molar-refractivity contribution in [1.29, 1.82) is 0 Å². The van der Waals surface area contributed by atoms with Gasteiger partial charge in [-0.1, -0.05) is 11.6 Å². The average Bonchev–Trinajstić information content (AvgIpc) is 2.97. The Morgan fingerprint density at radius 2 is 1.39 bits per heavy atom. The molecule has 1 fully saturated rings. The van der Waals surface area contributed by atoms with Gasteiger partial charge in [-0.25, -0.2) is 11.7 Å². The zero-order valence-electron chi connectivity index (χ0n) is 23.3. The van der Waals surface area contributed by atoms with Crippen LogP contribution >= 0.6 is 11.6 Å². The number of hydrazine groups is 2. The predicted octanol–water partition coefficient (Wildman–Crippen LogP) is 0.591. The number of carbonyl (C=O) groups is 4. The van der Waals surface area contributed by atoms with Crippen molar-refractivity contribution < 1.29 is 23.9 Å². The number of nitrogens with one attached hydrogen (secondary N) is 3. The number of hydrogen-bond acceptors (Lipinski definition) is 9. The molecule has 222 valence electrons. The van der Waals surface area contributed by atoms with Crippen LogP contribution in [-0.4, -0.2) is 84.2 Å². The van der Waals surface area contributed by atoms with Crippen LogP contribution in [-0.2, 0) is 14.4 Å². The van der Waals surface area contributed by atoms with Crippen molar-refractivity contribution in [2.45, 2.75) is 38.3 Å². The molecule has 0 saturated carbocycles. The molecule has 1 heterocycles. The predicted molar refractivity (Wildman–Crippen MR) is 155 cm³/mol. The fraction of sp³-hybridized carbons (Fsp3) is 0.429. The summed E-state index contributed by atoms with van der Waals surface area (Å²) in [6, 6.07) is 13.5. The van der Waals surface area contributed by atoms with Crippen molar-refractivity contribution in [3.63, 3.8) is 0 Å². The number of hydrogen-bond donors (Lipinski definition) is 5. The first-order valence-electron chi connectivity index (χ1n) is 13.5. The van der Waals surface area contributed by atoms with Crippen LogP contribution in [0.25, 0.3) is 0 Å². The van der Waals surface area contributed by atoms with E-state index >= 15 is 0 Å². The maximum absolute atomic E-state index is 13.1. The molecule has 1 aliphatic heterocycles. The largest absolute Gasteiger partial charge is 0.494 e. The van der Waals surface area contributed by atoms with Crippen molar-refractivity contribution in [3.05, 3.63) is 64.7 Å². The molecule has 0 bridgehead atoms. The summed E-state index contributed by atoms with van der Waals surface area (Å²) in [5.74, 6) is 8.64. The number of halogens is 1. The minimum absolute atomic E-state index is 0.0848. The van der Waals surface area contributed by atoms with Crippen LogP contribution in [0.15, 0.2) is 48.5 Å². The van der Waals surface area contributed by atoms with Crippen LogP contribution in [0.4, 0.5) is 0 Å². The molecule has 0 atom stereocenters. The molecule has 0 spiro atoms. The standard InChI is InChI=1S/C28H38ClN7O5/c1-19(2)32-25(38)28(26(39)33-30,27(40)34-31)36-16-14-35(15-17-36)13-3-4-18-41-23-11-7-21(8-12-23)24(37)20-5-9-22(29)10-6-20/h5-12,19H,3-4,13-18,30-31H2,1-2H3,(H,32,38)(H,33,39)(H,34,40). The number of piperazine rings is 1. The molecule has 41 heavy (non-hydrogen) atoms. The molecule has 0 aromatic heterocycles. The zero-order chi connectivity index (χ0) is 30.0. The van der Waals surface area contributed by atoms with Crippen molar-refractivity contribution in [1.82, 2.24) is 26.0 Å². The number of ether oxygens (including phenoxy) is 1. The van der Waals surface area contributed by atoms with Crippen molar-refractivity contribution in [2.75, 3.05) is 39.3 Å². The second kappa shape index (κ2) is 14.9. The highest BCUT2D eigenvalue weighted by Crippen LogP contribution is 2.21. The molecule has 7 N–H and O–H groups in total. The minimum Gasteiger partial charge on any atom is -0.494 e. The lowest BCUT2D eigenvalue weighted by Gasteiger charge is -2.43. The normalized spacial score (nSPS) is 14.4. The third-order valence-electron chi connectivity index (χ3n) is 6.87. The summed E-state index contributed by atoms with van der Waals surface area (Å²) in [5.41, 5.74) is 2.83. The molecule has 0 unspecified atom stereocenters. The van der Waals surface area contributed by atoms with Crippen molar-refractivity contribution in [2.24, 2.45) is 11.7 Å². The number of carbonyl (C=O) groups excluding carboxylic acids is 4. The van der Waals surface area contributed by atoms with E-state index in [1.807, 2.05) is 10.9 Å². The van der Waals surface area contributed by atoms with Crippen LogP contribution in [0.2, 0.25) is 5.02 Å². The molecule has 3 rings (SSSR count). The Bertz CT molecular complexity index is 1180. The molecule has 2 aromatic rings. The fourth-order valence-corrected chi connectivity index (χ4v) is 4.85. The SMILES string of the molecule is CC(C)NC(=O)C(C(=O)NN)(C(=O)NN)N1CCN(CCCCOc2ccc(C(=O)c3ccc(Cl)cc3)cc2)CC1. The third-order valence-corrected chi connectivity index (χ3v) is 7.13. The van der Waals surface area contributed by atoms with Crippen LogP contribution in [0.3, 0.4) is 0 Å². The summed E-state index contributed by atoms with van der Waals surface area (Å²) in [4.78, 5) is 55.1. The van der Waals surface area contributed by atoms with Gasteiger partial charge in [-0.05, 0) is 81.8 Å². The molecule has 1 saturated heterocycles. The molecular formula is C28H38ClN7O5. The fourth-order valence-electron chi connectivity index (χ4n) is 4.72. The van der Waals surface area contributed by atoms with Crippen molar-refractivity contribution in [3.8, 4) is 5.75 Å². The van der Waals surface area contributed by atoms with E-state index in [1.54, 1.807) is 62.4 Å². The third kappa shape index (κ3) is 7.80. The van der Waals surface area contributed by atoms with E-state index in [4.69, 9.17) is 28.0 Å². The summed E-state index contributed by atoms with van der Waals surface area (Å²) < 4.78 is 5.84. The van der Waals surface area contributed by atoms with Gasteiger partial charge in [0.2, 0.25) is 0 Å².